The lowest BCUT2D eigenvalue weighted by atomic mass is 10.1. The van der Waals surface area contributed by atoms with E-state index in [1.165, 1.54) is 18.1 Å². The SMILES string of the molecule is COC(=O)N1CC(n2nnc(-c3ccc(C)c(NC(=O)c4cnn5ccc(N6CCN(CC(F)F)CC6)cc45)c3)n2)C1. The highest BCUT2D eigenvalue weighted by Crippen LogP contribution is 2.27. The first-order valence-corrected chi connectivity index (χ1v) is 13.6. The maximum absolute atomic E-state index is 13.4. The third-order valence-corrected chi connectivity index (χ3v) is 7.68. The van der Waals surface area contributed by atoms with Crippen LogP contribution in [-0.2, 0) is 4.74 Å². The molecule has 2 fully saturated rings. The van der Waals surface area contributed by atoms with Crippen molar-refractivity contribution in [1.82, 2.24) is 39.6 Å². The second-order valence-electron chi connectivity index (χ2n) is 10.4. The fraction of sp³-hybridized carbons (Fsp3) is 0.407. The minimum atomic E-state index is -2.34. The number of likely N-dealkylation sites (tertiary alicyclic amines) is 1. The van der Waals surface area contributed by atoms with Gasteiger partial charge in [0.1, 0.15) is 6.04 Å². The molecule has 0 atom stereocenters. The maximum atomic E-state index is 13.4. The zero-order valence-corrected chi connectivity index (χ0v) is 23.2. The maximum Gasteiger partial charge on any atom is 0.409 e. The van der Waals surface area contributed by atoms with Crippen LogP contribution in [-0.4, -0.2) is 111 Å². The Labute approximate surface area is 239 Å². The van der Waals surface area contributed by atoms with E-state index in [4.69, 9.17) is 4.74 Å². The second kappa shape index (κ2) is 11.3. The molecule has 2 aliphatic heterocycles. The lowest BCUT2D eigenvalue weighted by molar-refractivity contribution is 0.0621. The molecule has 2 aliphatic rings. The number of hydrogen-bond acceptors (Lipinski definition) is 9. The van der Waals surface area contributed by atoms with Gasteiger partial charge in [-0.1, -0.05) is 12.1 Å². The van der Waals surface area contributed by atoms with E-state index >= 15 is 0 Å². The van der Waals surface area contributed by atoms with Crippen LogP contribution in [0.1, 0.15) is 22.0 Å². The monoisotopic (exact) mass is 580 g/mol. The number of pyridine rings is 1. The van der Waals surface area contributed by atoms with Gasteiger partial charge in [0.25, 0.3) is 12.3 Å². The molecular weight excluding hydrogens is 550 g/mol. The molecule has 15 heteroatoms. The van der Waals surface area contributed by atoms with Crippen LogP contribution in [0.25, 0.3) is 16.9 Å². The van der Waals surface area contributed by atoms with Gasteiger partial charge in [-0.25, -0.2) is 18.1 Å². The van der Waals surface area contributed by atoms with Crippen LogP contribution in [0.4, 0.5) is 25.0 Å². The topological polar surface area (TPSA) is 126 Å². The Kier molecular flexibility index (Phi) is 7.41. The van der Waals surface area contributed by atoms with Gasteiger partial charge in [0.05, 0.1) is 44.0 Å². The van der Waals surface area contributed by atoms with Gasteiger partial charge in [-0.15, -0.1) is 10.2 Å². The predicted octanol–water partition coefficient (Wildman–Crippen LogP) is 2.56. The number of carbonyl (C=O) groups excluding carboxylic acids is 2. The first kappa shape index (κ1) is 27.5. The summed E-state index contributed by atoms with van der Waals surface area (Å²) in [6, 6.07) is 9.25. The zero-order chi connectivity index (χ0) is 29.4. The van der Waals surface area contributed by atoms with Crippen molar-refractivity contribution in [1.29, 1.82) is 0 Å². The molecule has 220 valence electrons. The zero-order valence-electron chi connectivity index (χ0n) is 23.2. The molecule has 4 aromatic rings. The number of benzene rings is 1. The number of nitrogens with zero attached hydrogens (tertiary/aromatic N) is 9. The number of tetrazole rings is 1. The molecule has 1 aromatic carbocycles. The summed E-state index contributed by atoms with van der Waals surface area (Å²) < 4.78 is 31.9. The smallest absolute Gasteiger partial charge is 0.409 e. The lowest BCUT2D eigenvalue weighted by Crippen LogP contribution is -2.51. The van der Waals surface area contributed by atoms with E-state index in [1.807, 2.05) is 31.2 Å². The average molecular weight is 581 g/mol. The van der Waals surface area contributed by atoms with Crippen molar-refractivity contribution in [2.75, 3.05) is 63.1 Å². The van der Waals surface area contributed by atoms with Gasteiger partial charge < -0.3 is 19.9 Å². The number of fused-ring (bicyclic) bond motifs is 1. The highest BCUT2D eigenvalue weighted by molar-refractivity contribution is 6.09. The highest BCUT2D eigenvalue weighted by Gasteiger charge is 2.34. The summed E-state index contributed by atoms with van der Waals surface area (Å²) in [5.41, 5.74) is 4.08. The predicted molar refractivity (Wildman–Crippen MR) is 149 cm³/mol. The van der Waals surface area contributed by atoms with Crippen LogP contribution in [0.3, 0.4) is 0 Å². The fourth-order valence-electron chi connectivity index (χ4n) is 5.19. The van der Waals surface area contributed by atoms with Crippen molar-refractivity contribution in [2.24, 2.45) is 0 Å². The van der Waals surface area contributed by atoms with E-state index in [2.05, 4.69) is 30.7 Å². The number of hydrogen-bond donors (Lipinski definition) is 1. The van der Waals surface area contributed by atoms with E-state index < -0.39 is 12.5 Å². The van der Waals surface area contributed by atoms with Crippen LogP contribution in [0, 0.1) is 6.92 Å². The molecule has 0 spiro atoms. The number of amides is 2. The van der Waals surface area contributed by atoms with Gasteiger partial charge in [0, 0.05) is 49.3 Å². The quantitative estimate of drug-likeness (QED) is 0.351. The molecule has 42 heavy (non-hydrogen) atoms. The van der Waals surface area contributed by atoms with Crippen molar-refractivity contribution < 1.29 is 23.1 Å². The Hall–Kier alpha value is -4.66. The summed E-state index contributed by atoms with van der Waals surface area (Å²) in [6.45, 7) is 4.88. The lowest BCUT2D eigenvalue weighted by Gasteiger charge is -2.36. The second-order valence-corrected chi connectivity index (χ2v) is 10.4. The van der Waals surface area contributed by atoms with Crippen LogP contribution < -0.4 is 10.2 Å². The van der Waals surface area contributed by atoms with Gasteiger partial charge >= 0.3 is 6.09 Å². The number of carbonyl (C=O) groups is 2. The van der Waals surface area contributed by atoms with Crippen molar-refractivity contribution >= 4 is 28.9 Å². The van der Waals surface area contributed by atoms with E-state index in [0.717, 1.165) is 11.3 Å². The number of methoxy groups -OCH3 is 1. The van der Waals surface area contributed by atoms with E-state index in [0.29, 0.717) is 67.4 Å². The molecule has 1 N–H and O–H groups in total. The average Bonchev–Trinajstić information content (AvgIpc) is 3.61. The van der Waals surface area contributed by atoms with Crippen LogP contribution in [0.2, 0.25) is 0 Å². The van der Waals surface area contributed by atoms with E-state index in [1.54, 1.807) is 26.6 Å². The normalized spacial score (nSPS) is 16.2. The molecule has 0 unspecified atom stereocenters. The molecule has 2 amide bonds. The minimum Gasteiger partial charge on any atom is -0.453 e. The number of nitrogens with one attached hydrogen (secondary N) is 1. The number of anilines is 2. The Balaban J connectivity index is 1.16. The van der Waals surface area contributed by atoms with Gasteiger partial charge in [-0.2, -0.15) is 9.90 Å². The largest absolute Gasteiger partial charge is 0.453 e. The molecule has 13 nitrogen and oxygen atoms in total. The van der Waals surface area contributed by atoms with Crippen molar-refractivity contribution in [2.45, 2.75) is 19.4 Å². The number of aromatic nitrogens is 6. The highest BCUT2D eigenvalue weighted by atomic mass is 19.3. The summed E-state index contributed by atoms with van der Waals surface area (Å²) in [5.74, 6) is 0.0782. The Bertz CT molecular complexity index is 1610. The third kappa shape index (κ3) is 5.46. The molecule has 3 aromatic heterocycles. The van der Waals surface area contributed by atoms with Crippen molar-refractivity contribution in [3.8, 4) is 11.4 Å². The molecule has 2 saturated heterocycles. The van der Waals surface area contributed by atoms with Gasteiger partial charge in [0.2, 0.25) is 5.82 Å². The Morgan fingerprint density at radius 2 is 1.90 bits per heavy atom. The third-order valence-electron chi connectivity index (χ3n) is 7.68. The first-order valence-electron chi connectivity index (χ1n) is 13.6. The molecule has 0 aliphatic carbocycles. The molecule has 6 rings (SSSR count). The summed E-state index contributed by atoms with van der Waals surface area (Å²) >= 11 is 0. The standard InChI is InChI=1S/C27H30F2N10O3/c1-17-3-4-18(25-32-34-39(33-25)20-14-37(15-20)27(41)42-2)11-22(17)31-26(40)21-13-30-38-6-5-19(12-23(21)38)36-9-7-35(8-10-36)16-24(28)29/h3-6,11-13,20,24H,7-10,14-16H2,1-2H3,(H,31,40). The number of halogens is 2. The number of ether oxygens (including phenoxy) is 1. The molecule has 5 heterocycles. The van der Waals surface area contributed by atoms with E-state index in [-0.39, 0.29) is 18.5 Å². The minimum absolute atomic E-state index is 0.0861. The molecular formula is C27H30F2N10O3. The Morgan fingerprint density at radius 3 is 2.64 bits per heavy atom. The molecule has 0 radical (unpaired) electrons. The van der Waals surface area contributed by atoms with Crippen LogP contribution >= 0.6 is 0 Å². The summed E-state index contributed by atoms with van der Waals surface area (Å²) in [7, 11) is 1.34. The number of rotatable bonds is 7. The number of aryl methyl sites for hydroxylation is 1. The summed E-state index contributed by atoms with van der Waals surface area (Å²) in [4.78, 5) is 32.0. The molecule has 0 saturated carbocycles. The summed E-state index contributed by atoms with van der Waals surface area (Å²) in [6.07, 6.45) is 0.583. The first-order chi connectivity index (χ1) is 20.3. The van der Waals surface area contributed by atoms with E-state index in [9.17, 15) is 18.4 Å². The van der Waals surface area contributed by atoms with Gasteiger partial charge in [-0.05, 0) is 35.9 Å². The van der Waals surface area contributed by atoms with Gasteiger partial charge in [0.15, 0.2) is 0 Å². The summed E-state index contributed by atoms with van der Waals surface area (Å²) in [5, 5.41) is 20.1. The molecule has 0 bridgehead atoms. The van der Waals surface area contributed by atoms with Crippen LogP contribution in [0.5, 0.6) is 0 Å². The number of alkyl halides is 2. The van der Waals surface area contributed by atoms with Crippen molar-refractivity contribution in [3.63, 3.8) is 0 Å². The van der Waals surface area contributed by atoms with Crippen molar-refractivity contribution in [3.05, 3.63) is 53.9 Å². The Morgan fingerprint density at radius 1 is 1.12 bits per heavy atom. The fourth-order valence-corrected chi connectivity index (χ4v) is 5.19. The van der Waals surface area contributed by atoms with Crippen LogP contribution in [0.15, 0.2) is 42.7 Å². The number of piperazine rings is 1. The van der Waals surface area contributed by atoms with Gasteiger partial charge in [-0.3, -0.25) is 9.69 Å².